The summed E-state index contributed by atoms with van der Waals surface area (Å²) in [5.41, 5.74) is 0. The summed E-state index contributed by atoms with van der Waals surface area (Å²) in [5, 5.41) is 18.2. The molecule has 4 unspecified atom stereocenters. The average Bonchev–Trinajstić information content (AvgIpc) is 2.07. The van der Waals surface area contributed by atoms with Gasteiger partial charge in [0.2, 0.25) is 0 Å². The van der Waals surface area contributed by atoms with Crippen LogP contribution in [0.1, 0.15) is 13.8 Å². The highest BCUT2D eigenvalue weighted by Crippen LogP contribution is 2.28. The van der Waals surface area contributed by atoms with Gasteiger partial charge in [-0.3, -0.25) is 4.79 Å². The summed E-state index contributed by atoms with van der Waals surface area (Å²) >= 11 is 0. The molecule has 4 atom stereocenters. The summed E-state index contributed by atoms with van der Waals surface area (Å²) in [5.74, 6) is -0.648. The lowest BCUT2D eigenvalue weighted by molar-refractivity contribution is -0.131. The molecule has 58 valence electrons. The molecule has 1 aliphatic rings. The first-order valence-electron chi connectivity index (χ1n) is 3.45. The van der Waals surface area contributed by atoms with Gasteiger partial charge < -0.3 is 10.2 Å². The Balaban J connectivity index is 2.78. The predicted molar refractivity (Wildman–Crippen MR) is 35.3 cm³/mol. The Kier molecular flexibility index (Phi) is 1.79. The lowest BCUT2D eigenvalue weighted by atomic mass is 9.98. The summed E-state index contributed by atoms with van der Waals surface area (Å²) in [7, 11) is 0. The molecule has 0 aromatic rings. The lowest BCUT2D eigenvalue weighted by Gasteiger charge is -2.10. The van der Waals surface area contributed by atoms with Crippen LogP contribution in [0.5, 0.6) is 0 Å². The van der Waals surface area contributed by atoms with Gasteiger partial charge in [-0.25, -0.2) is 0 Å². The van der Waals surface area contributed by atoms with E-state index in [4.69, 9.17) is 10.2 Å². The summed E-state index contributed by atoms with van der Waals surface area (Å²) < 4.78 is 0. The number of Topliss-reactive ketones (excluding diaryl/α,β-unsaturated/α-hetero) is 1. The number of aliphatic hydroxyl groups excluding tert-OH is 2. The standard InChI is InChI=1S/C7H12O3/c1-3-4(2)6(9)7(10)5(3)8/h3-6,8-9H,1-2H3. The van der Waals surface area contributed by atoms with Crippen LogP contribution < -0.4 is 0 Å². The van der Waals surface area contributed by atoms with Crippen LogP contribution in [0, 0.1) is 11.8 Å². The number of carbonyl (C=O) groups is 1. The van der Waals surface area contributed by atoms with Crippen LogP contribution in [-0.4, -0.2) is 28.2 Å². The first kappa shape index (κ1) is 7.69. The molecule has 0 amide bonds. The third-order valence-electron chi connectivity index (χ3n) is 2.41. The average molecular weight is 144 g/mol. The highest BCUT2D eigenvalue weighted by Gasteiger charge is 2.43. The molecule has 3 nitrogen and oxygen atoms in total. The zero-order chi connectivity index (χ0) is 7.89. The van der Waals surface area contributed by atoms with Gasteiger partial charge in [0.05, 0.1) is 0 Å². The second-order valence-electron chi connectivity index (χ2n) is 3.01. The van der Waals surface area contributed by atoms with Crippen molar-refractivity contribution in [2.24, 2.45) is 11.8 Å². The van der Waals surface area contributed by atoms with E-state index in [0.717, 1.165) is 0 Å². The lowest BCUT2D eigenvalue weighted by Crippen LogP contribution is -2.24. The maximum absolute atomic E-state index is 10.8. The minimum Gasteiger partial charge on any atom is -0.385 e. The Morgan fingerprint density at radius 2 is 1.40 bits per heavy atom. The number of hydrogen-bond donors (Lipinski definition) is 2. The molecule has 1 rings (SSSR count). The molecule has 0 aromatic carbocycles. The van der Waals surface area contributed by atoms with Crippen molar-refractivity contribution in [1.82, 2.24) is 0 Å². The molecule has 1 saturated carbocycles. The Bertz CT molecular complexity index is 139. The quantitative estimate of drug-likeness (QED) is 0.484. The number of carbonyl (C=O) groups excluding carboxylic acids is 1. The van der Waals surface area contributed by atoms with Gasteiger partial charge in [0.1, 0.15) is 12.2 Å². The molecule has 0 radical (unpaired) electrons. The van der Waals surface area contributed by atoms with Crippen molar-refractivity contribution in [1.29, 1.82) is 0 Å². The summed E-state index contributed by atoms with van der Waals surface area (Å²) in [6, 6.07) is 0. The highest BCUT2D eigenvalue weighted by atomic mass is 16.3. The van der Waals surface area contributed by atoms with Gasteiger partial charge >= 0.3 is 0 Å². The third kappa shape index (κ3) is 0.859. The van der Waals surface area contributed by atoms with Crippen molar-refractivity contribution in [2.75, 3.05) is 0 Å². The van der Waals surface area contributed by atoms with Crippen LogP contribution in [0.15, 0.2) is 0 Å². The van der Waals surface area contributed by atoms with Gasteiger partial charge in [-0.15, -0.1) is 0 Å². The molecule has 0 heterocycles. The van der Waals surface area contributed by atoms with Crippen molar-refractivity contribution < 1.29 is 15.0 Å². The fourth-order valence-corrected chi connectivity index (χ4v) is 1.27. The molecule has 1 fully saturated rings. The summed E-state index contributed by atoms with van der Waals surface area (Å²) in [6.45, 7) is 3.53. The van der Waals surface area contributed by atoms with E-state index in [-0.39, 0.29) is 11.8 Å². The Hall–Kier alpha value is -0.410. The molecular formula is C7H12O3. The van der Waals surface area contributed by atoms with Gasteiger partial charge in [0, 0.05) is 0 Å². The molecular weight excluding hydrogens is 132 g/mol. The first-order chi connectivity index (χ1) is 4.55. The monoisotopic (exact) mass is 144 g/mol. The number of rotatable bonds is 0. The summed E-state index contributed by atoms with van der Waals surface area (Å²) in [4.78, 5) is 10.8. The fraction of sp³-hybridized carbons (Fsp3) is 0.857. The summed E-state index contributed by atoms with van der Waals surface area (Å²) in [6.07, 6.45) is -1.91. The first-order valence-corrected chi connectivity index (χ1v) is 3.45. The Morgan fingerprint density at radius 3 is 1.50 bits per heavy atom. The van der Waals surface area contributed by atoms with Gasteiger partial charge in [0.25, 0.3) is 0 Å². The smallest absolute Gasteiger partial charge is 0.190 e. The van der Waals surface area contributed by atoms with Crippen molar-refractivity contribution in [3.05, 3.63) is 0 Å². The molecule has 0 aliphatic heterocycles. The largest absolute Gasteiger partial charge is 0.385 e. The van der Waals surface area contributed by atoms with Crippen molar-refractivity contribution in [3.8, 4) is 0 Å². The van der Waals surface area contributed by atoms with Crippen molar-refractivity contribution >= 4 is 5.78 Å². The maximum Gasteiger partial charge on any atom is 0.190 e. The molecule has 0 spiro atoms. The van der Waals surface area contributed by atoms with Crippen molar-refractivity contribution in [3.63, 3.8) is 0 Å². The SMILES string of the molecule is CC1C(O)C(=O)C(O)C1C. The van der Waals surface area contributed by atoms with Gasteiger partial charge in [-0.1, -0.05) is 13.8 Å². The second-order valence-corrected chi connectivity index (χ2v) is 3.01. The van der Waals surface area contributed by atoms with Crippen LogP contribution in [0.3, 0.4) is 0 Å². The minimum absolute atomic E-state index is 0.109. The maximum atomic E-state index is 10.8. The molecule has 0 saturated heterocycles. The van der Waals surface area contributed by atoms with E-state index in [9.17, 15) is 4.79 Å². The Morgan fingerprint density at radius 1 is 1.10 bits per heavy atom. The molecule has 10 heavy (non-hydrogen) atoms. The fourth-order valence-electron chi connectivity index (χ4n) is 1.27. The van der Waals surface area contributed by atoms with Gasteiger partial charge in [-0.2, -0.15) is 0 Å². The van der Waals surface area contributed by atoms with E-state index >= 15 is 0 Å². The van der Waals surface area contributed by atoms with Crippen LogP contribution in [0.4, 0.5) is 0 Å². The van der Waals surface area contributed by atoms with Crippen LogP contribution >= 0.6 is 0 Å². The molecule has 0 bridgehead atoms. The van der Waals surface area contributed by atoms with E-state index < -0.39 is 18.0 Å². The van der Waals surface area contributed by atoms with Gasteiger partial charge in [0.15, 0.2) is 5.78 Å². The third-order valence-corrected chi connectivity index (χ3v) is 2.41. The van der Waals surface area contributed by atoms with Crippen LogP contribution in [-0.2, 0) is 4.79 Å². The van der Waals surface area contributed by atoms with Crippen molar-refractivity contribution in [2.45, 2.75) is 26.1 Å². The van der Waals surface area contributed by atoms with E-state index in [1.54, 1.807) is 13.8 Å². The van der Waals surface area contributed by atoms with Crippen LogP contribution in [0.25, 0.3) is 0 Å². The number of hydrogen-bond acceptors (Lipinski definition) is 3. The zero-order valence-corrected chi connectivity index (χ0v) is 6.11. The van der Waals surface area contributed by atoms with E-state index in [2.05, 4.69) is 0 Å². The topological polar surface area (TPSA) is 57.5 Å². The Labute approximate surface area is 59.7 Å². The highest BCUT2D eigenvalue weighted by molar-refractivity contribution is 5.89. The van der Waals surface area contributed by atoms with E-state index in [1.807, 2.05) is 0 Å². The number of ketones is 1. The molecule has 2 N–H and O–H groups in total. The predicted octanol–water partition coefficient (Wildman–Crippen LogP) is -0.437. The van der Waals surface area contributed by atoms with E-state index in [0.29, 0.717) is 0 Å². The molecule has 3 heteroatoms. The number of aliphatic hydroxyl groups is 2. The molecule has 0 aromatic heterocycles. The molecule has 1 aliphatic carbocycles. The van der Waals surface area contributed by atoms with Crippen LogP contribution in [0.2, 0.25) is 0 Å². The second kappa shape index (κ2) is 2.32. The van der Waals surface area contributed by atoms with Gasteiger partial charge in [-0.05, 0) is 11.8 Å². The normalized spacial score (nSPS) is 48.2. The minimum atomic E-state index is -0.954. The zero-order valence-electron chi connectivity index (χ0n) is 6.11. The van der Waals surface area contributed by atoms with E-state index in [1.165, 1.54) is 0 Å².